The molecule has 1 rings (SSSR count). The molecule has 7 nitrogen and oxygen atoms in total. The molecule has 1 aliphatic rings. The molecule has 0 spiro atoms. The van der Waals surface area contributed by atoms with Gasteiger partial charge in [0.1, 0.15) is 0 Å². The van der Waals surface area contributed by atoms with Gasteiger partial charge in [-0.15, -0.1) is 5.06 Å². The summed E-state index contributed by atoms with van der Waals surface area (Å²) in [7, 11) is 0. The quantitative estimate of drug-likeness (QED) is 0.450. The third-order valence-electron chi connectivity index (χ3n) is 1.27. The number of nitrogens with one attached hydrogen (secondary N) is 1. The van der Waals surface area contributed by atoms with E-state index in [1.54, 1.807) is 0 Å². The molecule has 1 fully saturated rings. The van der Waals surface area contributed by atoms with Gasteiger partial charge in [-0.3, -0.25) is 9.59 Å². The van der Waals surface area contributed by atoms with E-state index in [2.05, 4.69) is 9.95 Å². The Morgan fingerprint density at radius 2 is 1.92 bits per heavy atom. The maximum absolute atomic E-state index is 10.8. The lowest BCUT2D eigenvalue weighted by Crippen LogP contribution is -2.30. The molecule has 0 unspecified atom stereocenters. The van der Waals surface area contributed by atoms with E-state index in [0.29, 0.717) is 5.06 Å². The smallest absolute Gasteiger partial charge is 0.308 e. The molecule has 0 bridgehead atoms. The van der Waals surface area contributed by atoms with Gasteiger partial charge in [-0.1, -0.05) is 5.11 Å². The number of amides is 3. The van der Waals surface area contributed by atoms with Crippen molar-refractivity contribution in [2.75, 3.05) is 0 Å². The summed E-state index contributed by atoms with van der Waals surface area (Å²) in [4.78, 5) is 36.0. The minimum absolute atomic E-state index is 0.0319. The van der Waals surface area contributed by atoms with Crippen molar-refractivity contribution in [2.24, 2.45) is 5.11 Å². The van der Waals surface area contributed by atoms with E-state index in [9.17, 15) is 14.4 Å². The van der Waals surface area contributed by atoms with Crippen LogP contribution in [0.1, 0.15) is 12.8 Å². The van der Waals surface area contributed by atoms with Gasteiger partial charge in [0.05, 0.1) is 0 Å². The van der Waals surface area contributed by atoms with Crippen molar-refractivity contribution in [2.45, 2.75) is 12.8 Å². The SMILES string of the molecule is N=NC(=O)ON1C(=O)CCC1=O. The van der Waals surface area contributed by atoms with Crippen LogP contribution < -0.4 is 0 Å². The van der Waals surface area contributed by atoms with Gasteiger partial charge >= 0.3 is 6.09 Å². The van der Waals surface area contributed by atoms with Crippen molar-refractivity contribution < 1.29 is 19.2 Å². The molecule has 0 saturated carbocycles. The Morgan fingerprint density at radius 1 is 1.42 bits per heavy atom. The minimum Gasteiger partial charge on any atom is -0.308 e. The molecule has 0 aliphatic carbocycles. The monoisotopic (exact) mass is 171 g/mol. The summed E-state index contributed by atoms with van der Waals surface area (Å²) in [6, 6.07) is 0. The molecule has 1 saturated heterocycles. The zero-order valence-electron chi connectivity index (χ0n) is 5.94. The molecule has 1 aliphatic heterocycles. The largest absolute Gasteiger partial charge is 0.476 e. The Morgan fingerprint density at radius 3 is 2.33 bits per heavy atom. The molecular formula is C5H5N3O4. The minimum atomic E-state index is -1.28. The molecule has 0 aromatic heterocycles. The fourth-order valence-electron chi connectivity index (χ4n) is 0.756. The van der Waals surface area contributed by atoms with Crippen molar-refractivity contribution in [1.82, 2.24) is 5.06 Å². The summed E-state index contributed by atoms with van der Waals surface area (Å²) in [6.45, 7) is 0. The zero-order chi connectivity index (χ0) is 9.14. The first kappa shape index (κ1) is 8.31. The van der Waals surface area contributed by atoms with Crippen LogP contribution in [0.5, 0.6) is 0 Å². The Bertz CT molecular complexity index is 245. The van der Waals surface area contributed by atoms with Gasteiger partial charge in [0.15, 0.2) is 0 Å². The van der Waals surface area contributed by atoms with Crippen LogP contribution >= 0.6 is 0 Å². The van der Waals surface area contributed by atoms with E-state index in [1.807, 2.05) is 0 Å². The van der Waals surface area contributed by atoms with Crippen LogP contribution in [-0.4, -0.2) is 23.0 Å². The fraction of sp³-hybridized carbons (Fsp3) is 0.400. The van der Waals surface area contributed by atoms with Gasteiger partial charge in [-0.25, -0.2) is 4.79 Å². The highest BCUT2D eigenvalue weighted by Gasteiger charge is 2.32. The second-order valence-electron chi connectivity index (χ2n) is 2.05. The van der Waals surface area contributed by atoms with Crippen molar-refractivity contribution in [3.63, 3.8) is 0 Å². The van der Waals surface area contributed by atoms with E-state index in [4.69, 9.17) is 5.53 Å². The van der Waals surface area contributed by atoms with E-state index in [0.717, 1.165) is 0 Å². The maximum Gasteiger partial charge on any atom is 0.476 e. The summed E-state index contributed by atoms with van der Waals surface area (Å²) >= 11 is 0. The number of imide groups is 1. The van der Waals surface area contributed by atoms with Crippen LogP contribution in [0.2, 0.25) is 0 Å². The molecule has 1 N–H and O–H groups in total. The highest BCUT2D eigenvalue weighted by molar-refractivity contribution is 6.01. The first-order chi connectivity index (χ1) is 5.65. The van der Waals surface area contributed by atoms with Crippen molar-refractivity contribution in [1.29, 1.82) is 5.53 Å². The average molecular weight is 171 g/mol. The summed E-state index contributed by atoms with van der Waals surface area (Å²) in [6.07, 6.45) is -1.22. The van der Waals surface area contributed by atoms with Gasteiger partial charge < -0.3 is 4.84 Å². The summed E-state index contributed by atoms with van der Waals surface area (Å²) in [5.41, 5.74) is 6.21. The molecule has 1 heterocycles. The van der Waals surface area contributed by atoms with E-state index >= 15 is 0 Å². The summed E-state index contributed by atoms with van der Waals surface area (Å²) in [5.74, 6) is -1.17. The Balaban J connectivity index is 2.61. The van der Waals surface area contributed by atoms with Gasteiger partial charge in [-0.05, 0) is 0 Å². The average Bonchev–Trinajstić information content (AvgIpc) is 2.35. The van der Waals surface area contributed by atoms with Crippen LogP contribution in [0, 0.1) is 5.53 Å². The lowest BCUT2D eigenvalue weighted by Gasteiger charge is -2.08. The lowest BCUT2D eigenvalue weighted by molar-refractivity contribution is -0.170. The number of hydroxylamine groups is 2. The highest BCUT2D eigenvalue weighted by Crippen LogP contribution is 2.12. The Hall–Kier alpha value is -1.79. The van der Waals surface area contributed by atoms with E-state index < -0.39 is 17.9 Å². The number of rotatable bonds is 1. The topological polar surface area (TPSA) is 99.9 Å². The summed E-state index contributed by atoms with van der Waals surface area (Å²) in [5, 5.41) is 2.70. The normalized spacial score (nSPS) is 16.5. The summed E-state index contributed by atoms with van der Waals surface area (Å²) < 4.78 is 0. The van der Waals surface area contributed by atoms with Gasteiger partial charge in [0.25, 0.3) is 11.8 Å². The van der Waals surface area contributed by atoms with Crippen molar-refractivity contribution >= 4 is 17.9 Å². The Labute approximate surface area is 66.7 Å². The molecule has 64 valence electrons. The first-order valence-electron chi connectivity index (χ1n) is 3.10. The van der Waals surface area contributed by atoms with Crippen LogP contribution in [-0.2, 0) is 14.4 Å². The standard InChI is InChI=1S/C5H5N3O4/c6-7-5(11)12-8-3(9)1-2-4(8)10/h6H,1-2H2. The van der Waals surface area contributed by atoms with Crippen LogP contribution in [0.25, 0.3) is 0 Å². The molecular weight excluding hydrogens is 166 g/mol. The zero-order valence-corrected chi connectivity index (χ0v) is 5.94. The second-order valence-corrected chi connectivity index (χ2v) is 2.05. The Kier molecular flexibility index (Phi) is 2.13. The number of carbonyl (C=O) groups is 3. The number of hydrogen-bond donors (Lipinski definition) is 1. The first-order valence-corrected chi connectivity index (χ1v) is 3.10. The number of carbonyl (C=O) groups excluding carboxylic acids is 3. The number of hydrogen-bond acceptors (Lipinski definition) is 5. The van der Waals surface area contributed by atoms with Crippen molar-refractivity contribution in [3.05, 3.63) is 0 Å². The van der Waals surface area contributed by atoms with Crippen LogP contribution in [0.3, 0.4) is 0 Å². The molecule has 0 atom stereocenters. The molecule has 12 heavy (non-hydrogen) atoms. The van der Waals surface area contributed by atoms with Gasteiger partial charge in [0.2, 0.25) is 0 Å². The third kappa shape index (κ3) is 1.44. The second kappa shape index (κ2) is 3.07. The molecule has 0 radical (unpaired) electrons. The molecule has 0 aromatic rings. The van der Waals surface area contributed by atoms with Crippen LogP contribution in [0.15, 0.2) is 5.11 Å². The molecule has 3 amide bonds. The van der Waals surface area contributed by atoms with Gasteiger partial charge in [-0.2, -0.15) is 5.53 Å². The predicted octanol–water partition coefficient (Wildman–Crippen LogP) is 0.218. The van der Waals surface area contributed by atoms with Crippen molar-refractivity contribution in [3.8, 4) is 0 Å². The van der Waals surface area contributed by atoms with E-state index in [-0.39, 0.29) is 12.8 Å². The van der Waals surface area contributed by atoms with E-state index in [1.165, 1.54) is 0 Å². The highest BCUT2D eigenvalue weighted by atomic mass is 16.7. The predicted molar refractivity (Wildman–Crippen MR) is 32.7 cm³/mol. The number of nitrogens with zero attached hydrogens (tertiary/aromatic N) is 2. The van der Waals surface area contributed by atoms with Crippen LogP contribution in [0.4, 0.5) is 4.79 Å². The lowest BCUT2D eigenvalue weighted by atomic mass is 10.4. The third-order valence-corrected chi connectivity index (χ3v) is 1.27. The van der Waals surface area contributed by atoms with Gasteiger partial charge in [0, 0.05) is 12.8 Å². The maximum atomic E-state index is 10.8. The molecule has 7 heteroatoms. The molecule has 0 aromatic carbocycles. The fourth-order valence-corrected chi connectivity index (χ4v) is 0.756.